The third-order valence-corrected chi connectivity index (χ3v) is 5.29. The molecule has 3 aromatic rings. The molecule has 0 aliphatic heterocycles. The summed E-state index contributed by atoms with van der Waals surface area (Å²) in [4.78, 5) is 0. The van der Waals surface area contributed by atoms with Crippen molar-refractivity contribution in [2.75, 3.05) is 0 Å². The molecule has 0 saturated heterocycles. The molecule has 3 rings (SSSR count). The van der Waals surface area contributed by atoms with Crippen LogP contribution in [0.2, 0.25) is 0 Å². The molecule has 0 fully saturated rings. The fourth-order valence-corrected chi connectivity index (χ4v) is 3.90. The van der Waals surface area contributed by atoms with Crippen LogP contribution < -0.4 is 0 Å². The molecule has 0 radical (unpaired) electrons. The molecule has 0 aliphatic carbocycles. The maximum Gasteiger partial charge on any atom is 0.0215 e. The van der Waals surface area contributed by atoms with Gasteiger partial charge in [-0.1, -0.05) is 60.2 Å². The van der Waals surface area contributed by atoms with Crippen molar-refractivity contribution in [2.24, 2.45) is 0 Å². The van der Waals surface area contributed by atoms with Crippen LogP contribution >= 0.6 is 45.2 Å². The number of aryl methyl sites for hydroxylation is 1. The minimum atomic E-state index is 1.27. The SMILES string of the molecule is Cc1ccc(-c2cc(I)c(-c3ccccc3)cc2I)cc1. The van der Waals surface area contributed by atoms with Gasteiger partial charge < -0.3 is 0 Å². The predicted octanol–water partition coefficient (Wildman–Crippen LogP) is 6.54. The van der Waals surface area contributed by atoms with E-state index in [2.05, 4.69) is 119 Å². The Morgan fingerprint density at radius 3 is 1.62 bits per heavy atom. The summed E-state index contributed by atoms with van der Waals surface area (Å²) >= 11 is 4.87. The van der Waals surface area contributed by atoms with Crippen molar-refractivity contribution in [3.8, 4) is 22.3 Å². The summed E-state index contributed by atoms with van der Waals surface area (Å²) in [7, 11) is 0. The first-order chi connectivity index (χ1) is 10.1. The second-order valence-electron chi connectivity index (χ2n) is 5.04. The minimum absolute atomic E-state index is 1.27. The van der Waals surface area contributed by atoms with Gasteiger partial charge in [0.1, 0.15) is 0 Å². The Kier molecular flexibility index (Phi) is 4.64. The van der Waals surface area contributed by atoms with Gasteiger partial charge in [-0.05, 0) is 86.5 Å². The fourth-order valence-electron chi connectivity index (χ4n) is 2.34. The molecule has 0 nitrogen and oxygen atoms in total. The number of hydrogen-bond acceptors (Lipinski definition) is 0. The molecule has 104 valence electrons. The maximum atomic E-state index is 2.44. The number of rotatable bonds is 2. The van der Waals surface area contributed by atoms with Gasteiger partial charge in [0, 0.05) is 7.14 Å². The van der Waals surface area contributed by atoms with Crippen LogP contribution in [-0.2, 0) is 0 Å². The molecule has 0 heterocycles. The molecule has 0 aliphatic rings. The Morgan fingerprint density at radius 2 is 1.10 bits per heavy atom. The van der Waals surface area contributed by atoms with Crippen LogP contribution in [-0.4, -0.2) is 0 Å². The van der Waals surface area contributed by atoms with Crippen molar-refractivity contribution >= 4 is 45.2 Å². The maximum absolute atomic E-state index is 2.44. The lowest BCUT2D eigenvalue weighted by Gasteiger charge is -2.11. The molecule has 0 unspecified atom stereocenters. The highest BCUT2D eigenvalue weighted by atomic mass is 127. The molecular formula is C19H14I2. The first kappa shape index (κ1) is 15.0. The molecule has 0 amide bonds. The smallest absolute Gasteiger partial charge is 0.0215 e. The summed E-state index contributed by atoms with van der Waals surface area (Å²) in [6.07, 6.45) is 0. The third-order valence-electron chi connectivity index (χ3n) is 3.50. The average molecular weight is 496 g/mol. The molecule has 21 heavy (non-hydrogen) atoms. The molecule has 0 spiro atoms. The molecule has 3 aromatic carbocycles. The second-order valence-corrected chi connectivity index (χ2v) is 7.37. The molecule has 0 saturated carbocycles. The van der Waals surface area contributed by atoms with Crippen molar-refractivity contribution in [2.45, 2.75) is 6.92 Å². The lowest BCUT2D eigenvalue weighted by atomic mass is 10.00. The first-order valence-electron chi connectivity index (χ1n) is 6.76. The zero-order valence-corrected chi connectivity index (χ0v) is 15.9. The van der Waals surface area contributed by atoms with E-state index in [0.29, 0.717) is 0 Å². The van der Waals surface area contributed by atoms with Crippen LogP contribution in [0.15, 0.2) is 66.7 Å². The van der Waals surface area contributed by atoms with E-state index < -0.39 is 0 Å². The van der Waals surface area contributed by atoms with Gasteiger partial charge in [0.15, 0.2) is 0 Å². The average Bonchev–Trinajstić information content (AvgIpc) is 2.51. The van der Waals surface area contributed by atoms with Crippen LogP contribution in [0, 0.1) is 14.1 Å². The van der Waals surface area contributed by atoms with Gasteiger partial charge in [0.2, 0.25) is 0 Å². The number of halogens is 2. The van der Waals surface area contributed by atoms with Crippen molar-refractivity contribution in [1.29, 1.82) is 0 Å². The van der Waals surface area contributed by atoms with Gasteiger partial charge in [-0.15, -0.1) is 0 Å². The second kappa shape index (κ2) is 6.48. The van der Waals surface area contributed by atoms with Crippen molar-refractivity contribution in [3.63, 3.8) is 0 Å². The van der Waals surface area contributed by atoms with E-state index in [4.69, 9.17) is 0 Å². The van der Waals surface area contributed by atoms with Crippen LogP contribution in [0.4, 0.5) is 0 Å². The Hall–Kier alpha value is -0.880. The molecule has 0 bridgehead atoms. The van der Waals surface area contributed by atoms with Crippen molar-refractivity contribution in [1.82, 2.24) is 0 Å². The van der Waals surface area contributed by atoms with Crippen LogP contribution in [0.5, 0.6) is 0 Å². The van der Waals surface area contributed by atoms with Gasteiger partial charge in [0.25, 0.3) is 0 Å². The van der Waals surface area contributed by atoms with Crippen LogP contribution in [0.1, 0.15) is 5.56 Å². The molecule has 2 heteroatoms. The van der Waals surface area contributed by atoms with Crippen LogP contribution in [0.25, 0.3) is 22.3 Å². The van der Waals surface area contributed by atoms with Gasteiger partial charge in [-0.3, -0.25) is 0 Å². The zero-order valence-electron chi connectivity index (χ0n) is 11.6. The Morgan fingerprint density at radius 1 is 0.619 bits per heavy atom. The highest BCUT2D eigenvalue weighted by Gasteiger charge is 2.09. The Bertz CT molecular complexity index is 760. The minimum Gasteiger partial charge on any atom is -0.0622 e. The topological polar surface area (TPSA) is 0 Å². The van der Waals surface area contributed by atoms with E-state index in [-0.39, 0.29) is 0 Å². The molecule has 0 aromatic heterocycles. The highest BCUT2D eigenvalue weighted by molar-refractivity contribution is 14.1. The van der Waals surface area contributed by atoms with Gasteiger partial charge in [0.05, 0.1) is 0 Å². The standard InChI is InChI=1S/C19H14I2/c1-13-7-9-15(10-8-13)17-12-18(20)16(11-19(17)21)14-5-3-2-4-6-14/h2-12H,1H3. The third kappa shape index (κ3) is 3.31. The summed E-state index contributed by atoms with van der Waals surface area (Å²) in [6, 6.07) is 23.9. The Balaban J connectivity index is 2.10. The fraction of sp³-hybridized carbons (Fsp3) is 0.0526. The van der Waals surface area contributed by atoms with E-state index in [1.807, 2.05) is 0 Å². The van der Waals surface area contributed by atoms with E-state index in [1.54, 1.807) is 0 Å². The van der Waals surface area contributed by atoms with Gasteiger partial charge >= 0.3 is 0 Å². The van der Waals surface area contributed by atoms with Crippen molar-refractivity contribution < 1.29 is 0 Å². The van der Waals surface area contributed by atoms with Gasteiger partial charge in [-0.2, -0.15) is 0 Å². The molecular weight excluding hydrogens is 482 g/mol. The zero-order chi connectivity index (χ0) is 14.8. The van der Waals surface area contributed by atoms with Crippen molar-refractivity contribution in [3.05, 3.63) is 79.4 Å². The summed E-state index contributed by atoms with van der Waals surface area (Å²) in [5, 5.41) is 0. The highest BCUT2D eigenvalue weighted by Crippen LogP contribution is 2.34. The lowest BCUT2D eigenvalue weighted by molar-refractivity contribution is 1.46. The Labute approximate surface area is 152 Å². The summed E-state index contributed by atoms with van der Waals surface area (Å²) in [5.74, 6) is 0. The van der Waals surface area contributed by atoms with Gasteiger partial charge in [-0.25, -0.2) is 0 Å². The quantitative estimate of drug-likeness (QED) is 0.354. The van der Waals surface area contributed by atoms with E-state index in [0.717, 1.165) is 0 Å². The normalized spacial score (nSPS) is 10.6. The first-order valence-corrected chi connectivity index (χ1v) is 8.92. The summed E-state index contributed by atoms with van der Waals surface area (Å²) in [5.41, 5.74) is 6.46. The predicted molar refractivity (Wildman–Crippen MR) is 107 cm³/mol. The summed E-state index contributed by atoms with van der Waals surface area (Å²) < 4.78 is 2.57. The largest absolute Gasteiger partial charge is 0.0622 e. The van der Waals surface area contributed by atoms with E-state index in [9.17, 15) is 0 Å². The lowest BCUT2D eigenvalue weighted by Crippen LogP contribution is -1.90. The van der Waals surface area contributed by atoms with Crippen LogP contribution in [0.3, 0.4) is 0 Å². The van der Waals surface area contributed by atoms with E-state index in [1.165, 1.54) is 35.0 Å². The monoisotopic (exact) mass is 496 g/mol. The number of hydrogen-bond donors (Lipinski definition) is 0. The van der Waals surface area contributed by atoms with E-state index >= 15 is 0 Å². The summed E-state index contributed by atoms with van der Waals surface area (Å²) in [6.45, 7) is 2.12. The molecule has 0 atom stereocenters. The number of benzene rings is 3. The molecule has 0 N–H and O–H groups in total.